The van der Waals surface area contributed by atoms with Gasteiger partial charge in [-0.15, -0.1) is 0 Å². The molecule has 1 heterocycles. The number of nitrogens with two attached hydrogens (primary N) is 1. The molecule has 0 aromatic rings. The number of amides is 1. The zero-order valence-electron chi connectivity index (χ0n) is 10.1. The van der Waals surface area contributed by atoms with Crippen molar-refractivity contribution in [1.82, 2.24) is 5.32 Å². The molecule has 6 nitrogen and oxygen atoms in total. The topological polar surface area (TPSA) is 90.7 Å². The molecule has 1 fully saturated rings. The molecule has 0 spiro atoms. The van der Waals surface area contributed by atoms with Crippen LogP contribution in [0.5, 0.6) is 0 Å². The standard InChI is InChI=1S/C11H20N2O4/c1-2-16-10(14)6-9(11(12)15)13-7-8-4-3-5-17-8/h8-9,13H,2-7H2,1H3,(H2,12,15). The minimum absolute atomic E-state index is 0.0319. The second-order valence-electron chi connectivity index (χ2n) is 4.01. The van der Waals surface area contributed by atoms with Gasteiger partial charge >= 0.3 is 5.97 Å². The molecule has 1 aliphatic rings. The lowest BCUT2D eigenvalue weighted by atomic mass is 10.1. The number of hydrogen-bond acceptors (Lipinski definition) is 5. The van der Waals surface area contributed by atoms with Crippen molar-refractivity contribution in [2.75, 3.05) is 19.8 Å². The molecular formula is C11H20N2O4. The van der Waals surface area contributed by atoms with Gasteiger partial charge in [0, 0.05) is 13.2 Å². The highest BCUT2D eigenvalue weighted by Crippen LogP contribution is 2.11. The Morgan fingerprint density at radius 2 is 2.35 bits per heavy atom. The highest BCUT2D eigenvalue weighted by Gasteiger charge is 2.22. The summed E-state index contributed by atoms with van der Waals surface area (Å²) in [6, 6.07) is -0.682. The molecule has 17 heavy (non-hydrogen) atoms. The van der Waals surface area contributed by atoms with Gasteiger partial charge in [-0.3, -0.25) is 9.59 Å². The Hall–Kier alpha value is -1.14. The summed E-state index contributed by atoms with van der Waals surface area (Å²) in [4.78, 5) is 22.4. The highest BCUT2D eigenvalue weighted by atomic mass is 16.5. The fourth-order valence-corrected chi connectivity index (χ4v) is 1.74. The summed E-state index contributed by atoms with van der Waals surface area (Å²) >= 11 is 0. The van der Waals surface area contributed by atoms with Crippen LogP contribution < -0.4 is 11.1 Å². The molecule has 1 saturated heterocycles. The summed E-state index contributed by atoms with van der Waals surface area (Å²) in [7, 11) is 0. The first-order valence-corrected chi connectivity index (χ1v) is 5.93. The van der Waals surface area contributed by atoms with Gasteiger partial charge in [0.05, 0.1) is 25.2 Å². The van der Waals surface area contributed by atoms with Gasteiger partial charge in [0.15, 0.2) is 0 Å². The first kappa shape index (κ1) is 13.9. The van der Waals surface area contributed by atoms with Crippen LogP contribution in [0.2, 0.25) is 0 Å². The predicted octanol–water partition coefficient (Wildman–Crippen LogP) is -0.438. The van der Waals surface area contributed by atoms with Gasteiger partial charge in [-0.1, -0.05) is 0 Å². The van der Waals surface area contributed by atoms with E-state index in [0.29, 0.717) is 13.2 Å². The lowest BCUT2D eigenvalue weighted by Crippen LogP contribution is -2.45. The quantitative estimate of drug-likeness (QED) is 0.593. The van der Waals surface area contributed by atoms with Gasteiger partial charge in [0.2, 0.25) is 5.91 Å². The number of primary amides is 1. The number of carbonyl (C=O) groups excluding carboxylic acids is 2. The number of rotatable bonds is 7. The molecule has 1 aliphatic heterocycles. The van der Waals surface area contributed by atoms with Crippen molar-refractivity contribution in [1.29, 1.82) is 0 Å². The normalized spacial score (nSPS) is 21.1. The molecule has 0 aromatic carbocycles. The van der Waals surface area contributed by atoms with E-state index in [1.807, 2.05) is 0 Å². The summed E-state index contributed by atoms with van der Waals surface area (Å²) in [6.07, 6.45) is 2.08. The molecule has 2 atom stereocenters. The molecule has 0 aromatic heterocycles. The van der Waals surface area contributed by atoms with Crippen LogP contribution in [-0.2, 0) is 19.1 Å². The van der Waals surface area contributed by atoms with Gasteiger partial charge < -0.3 is 20.5 Å². The van der Waals surface area contributed by atoms with Gasteiger partial charge in [0.25, 0.3) is 0 Å². The van der Waals surface area contributed by atoms with Crippen LogP contribution in [0, 0.1) is 0 Å². The Labute approximate surface area is 101 Å². The van der Waals surface area contributed by atoms with Crippen LogP contribution >= 0.6 is 0 Å². The Bertz CT molecular complexity index is 264. The zero-order chi connectivity index (χ0) is 12.7. The average molecular weight is 244 g/mol. The molecule has 0 aliphatic carbocycles. The van der Waals surface area contributed by atoms with Crippen molar-refractivity contribution in [2.24, 2.45) is 5.73 Å². The Kier molecular flexibility index (Phi) is 5.93. The summed E-state index contributed by atoms with van der Waals surface area (Å²) in [6.45, 7) is 3.31. The first-order chi connectivity index (χ1) is 8.13. The van der Waals surface area contributed by atoms with E-state index >= 15 is 0 Å². The van der Waals surface area contributed by atoms with Crippen LogP contribution in [0.1, 0.15) is 26.2 Å². The maximum absolute atomic E-state index is 11.3. The molecule has 3 N–H and O–H groups in total. The lowest BCUT2D eigenvalue weighted by Gasteiger charge is -2.17. The van der Waals surface area contributed by atoms with Crippen LogP contribution in [-0.4, -0.2) is 43.8 Å². The van der Waals surface area contributed by atoms with Gasteiger partial charge in [-0.25, -0.2) is 0 Å². The second kappa shape index (κ2) is 7.24. The van der Waals surface area contributed by atoms with E-state index < -0.39 is 17.9 Å². The maximum atomic E-state index is 11.3. The van der Waals surface area contributed by atoms with Crippen LogP contribution in [0.4, 0.5) is 0 Å². The summed E-state index contributed by atoms with van der Waals surface area (Å²) < 4.78 is 10.2. The van der Waals surface area contributed by atoms with E-state index in [9.17, 15) is 9.59 Å². The third kappa shape index (κ3) is 5.14. The van der Waals surface area contributed by atoms with Crippen molar-refractivity contribution in [2.45, 2.75) is 38.3 Å². The van der Waals surface area contributed by atoms with Crippen LogP contribution in [0.25, 0.3) is 0 Å². The minimum Gasteiger partial charge on any atom is -0.466 e. The van der Waals surface area contributed by atoms with Gasteiger partial charge in [-0.05, 0) is 19.8 Å². The van der Waals surface area contributed by atoms with E-state index in [4.69, 9.17) is 15.2 Å². The minimum atomic E-state index is -0.682. The fraction of sp³-hybridized carbons (Fsp3) is 0.818. The predicted molar refractivity (Wildman–Crippen MR) is 61.2 cm³/mol. The Morgan fingerprint density at radius 3 is 2.88 bits per heavy atom. The summed E-state index contributed by atoms with van der Waals surface area (Å²) in [5.41, 5.74) is 5.22. The second-order valence-corrected chi connectivity index (χ2v) is 4.01. The maximum Gasteiger partial charge on any atom is 0.307 e. The molecular weight excluding hydrogens is 224 g/mol. The Balaban J connectivity index is 2.31. The first-order valence-electron chi connectivity index (χ1n) is 5.93. The molecule has 1 amide bonds. The number of nitrogens with one attached hydrogen (secondary N) is 1. The number of hydrogen-bond donors (Lipinski definition) is 2. The van der Waals surface area contributed by atoms with E-state index in [1.165, 1.54) is 0 Å². The lowest BCUT2D eigenvalue weighted by molar-refractivity contribution is -0.145. The monoisotopic (exact) mass is 244 g/mol. The molecule has 1 rings (SSSR count). The average Bonchev–Trinajstić information content (AvgIpc) is 2.77. The molecule has 2 unspecified atom stereocenters. The Morgan fingerprint density at radius 1 is 1.59 bits per heavy atom. The largest absolute Gasteiger partial charge is 0.466 e. The number of ether oxygens (including phenoxy) is 2. The van der Waals surface area contributed by atoms with E-state index in [1.54, 1.807) is 6.92 Å². The van der Waals surface area contributed by atoms with Gasteiger partial charge in [-0.2, -0.15) is 0 Å². The molecule has 6 heteroatoms. The van der Waals surface area contributed by atoms with E-state index in [0.717, 1.165) is 19.4 Å². The van der Waals surface area contributed by atoms with E-state index in [-0.39, 0.29) is 12.5 Å². The van der Waals surface area contributed by atoms with Crippen molar-refractivity contribution < 1.29 is 19.1 Å². The van der Waals surface area contributed by atoms with E-state index in [2.05, 4.69) is 5.32 Å². The SMILES string of the molecule is CCOC(=O)CC(NCC1CCCO1)C(N)=O. The van der Waals surface area contributed by atoms with Crippen LogP contribution in [0.3, 0.4) is 0 Å². The van der Waals surface area contributed by atoms with Crippen molar-refractivity contribution >= 4 is 11.9 Å². The molecule has 98 valence electrons. The third-order valence-electron chi connectivity index (χ3n) is 2.64. The number of carbonyl (C=O) groups is 2. The fourth-order valence-electron chi connectivity index (χ4n) is 1.74. The summed E-state index contributed by atoms with van der Waals surface area (Å²) in [5, 5.41) is 2.95. The van der Waals surface area contributed by atoms with Crippen LogP contribution in [0.15, 0.2) is 0 Å². The molecule has 0 radical (unpaired) electrons. The third-order valence-corrected chi connectivity index (χ3v) is 2.64. The smallest absolute Gasteiger partial charge is 0.307 e. The van der Waals surface area contributed by atoms with Crippen molar-refractivity contribution in [3.05, 3.63) is 0 Å². The van der Waals surface area contributed by atoms with Gasteiger partial charge in [0.1, 0.15) is 0 Å². The zero-order valence-corrected chi connectivity index (χ0v) is 10.1. The van der Waals surface area contributed by atoms with Crippen molar-refractivity contribution in [3.63, 3.8) is 0 Å². The number of esters is 1. The highest BCUT2D eigenvalue weighted by molar-refractivity contribution is 5.85. The molecule has 0 saturated carbocycles. The van der Waals surface area contributed by atoms with Crippen molar-refractivity contribution in [3.8, 4) is 0 Å². The summed E-state index contributed by atoms with van der Waals surface area (Å²) in [5.74, 6) is -0.966. The molecule has 0 bridgehead atoms.